The third-order valence-electron chi connectivity index (χ3n) is 1.81. The maximum absolute atomic E-state index is 3.87. The molecule has 0 bridgehead atoms. The Bertz CT molecular complexity index is 145. The van der Waals surface area contributed by atoms with Crippen LogP contribution in [0.25, 0.3) is 0 Å². The molecule has 1 rings (SSSR count). The summed E-state index contributed by atoms with van der Waals surface area (Å²) in [4.78, 5) is 0. The fraction of sp³-hybridized carbons (Fsp3) is 0.571. The standard InChI is InChI=1S/C6H15NS.C6H6.C2H6/c1-2-3-4-5-6-7-8;1-2-4-6-5-3-1;1-2/h7-8H,2-6H2,1H3;1-6H;1-2H3. The first-order valence-electron chi connectivity index (χ1n) is 6.28. The van der Waals surface area contributed by atoms with E-state index in [1.807, 2.05) is 50.2 Å². The maximum Gasteiger partial charge on any atom is 0.00561 e. The van der Waals surface area contributed by atoms with Crippen molar-refractivity contribution >= 4 is 12.8 Å². The van der Waals surface area contributed by atoms with Gasteiger partial charge in [-0.3, -0.25) is 4.72 Å². The van der Waals surface area contributed by atoms with Crippen molar-refractivity contribution in [1.29, 1.82) is 0 Å². The summed E-state index contributed by atoms with van der Waals surface area (Å²) in [6.45, 7) is 7.26. The van der Waals surface area contributed by atoms with E-state index in [4.69, 9.17) is 0 Å². The molecular weight excluding hydrogens is 214 g/mol. The molecule has 16 heavy (non-hydrogen) atoms. The van der Waals surface area contributed by atoms with E-state index in [0.29, 0.717) is 0 Å². The van der Waals surface area contributed by atoms with E-state index in [1.165, 1.54) is 25.7 Å². The molecule has 0 aliphatic carbocycles. The van der Waals surface area contributed by atoms with Gasteiger partial charge in [-0.05, 0) is 6.42 Å². The molecule has 1 N–H and O–H groups in total. The van der Waals surface area contributed by atoms with E-state index in [2.05, 4.69) is 24.5 Å². The summed E-state index contributed by atoms with van der Waals surface area (Å²) in [5.74, 6) is 0. The van der Waals surface area contributed by atoms with Gasteiger partial charge in [-0.2, -0.15) is 0 Å². The van der Waals surface area contributed by atoms with Crippen LogP contribution in [0, 0.1) is 0 Å². The quantitative estimate of drug-likeness (QED) is 0.562. The molecule has 0 saturated heterocycles. The zero-order valence-corrected chi connectivity index (χ0v) is 11.8. The monoisotopic (exact) mass is 241 g/mol. The van der Waals surface area contributed by atoms with Crippen LogP contribution in [0.3, 0.4) is 0 Å². The lowest BCUT2D eigenvalue weighted by atomic mass is 10.2. The Kier molecular flexibility index (Phi) is 22.4. The molecule has 2 heteroatoms. The smallest absolute Gasteiger partial charge is 0.00561 e. The van der Waals surface area contributed by atoms with Crippen molar-refractivity contribution in [2.75, 3.05) is 6.54 Å². The Morgan fingerprint density at radius 2 is 1.25 bits per heavy atom. The summed E-state index contributed by atoms with van der Waals surface area (Å²) in [6.07, 6.45) is 5.27. The van der Waals surface area contributed by atoms with E-state index < -0.39 is 0 Å². The summed E-state index contributed by atoms with van der Waals surface area (Å²) in [6, 6.07) is 12.0. The third kappa shape index (κ3) is 19.2. The second-order valence-corrected chi connectivity index (χ2v) is 3.44. The molecule has 0 saturated carbocycles. The minimum atomic E-state index is 1.04. The maximum atomic E-state index is 3.87. The van der Waals surface area contributed by atoms with Gasteiger partial charge in [-0.1, -0.05) is 89.2 Å². The Morgan fingerprint density at radius 3 is 1.56 bits per heavy atom. The first-order chi connectivity index (χ1) is 7.91. The van der Waals surface area contributed by atoms with Crippen molar-refractivity contribution in [3.63, 3.8) is 0 Å². The fourth-order valence-corrected chi connectivity index (χ4v) is 1.17. The van der Waals surface area contributed by atoms with E-state index in [9.17, 15) is 0 Å². The van der Waals surface area contributed by atoms with Crippen molar-refractivity contribution in [3.8, 4) is 0 Å². The van der Waals surface area contributed by atoms with Gasteiger partial charge in [0.25, 0.3) is 0 Å². The second kappa shape index (κ2) is 20.0. The highest BCUT2D eigenvalue weighted by atomic mass is 32.1. The molecule has 94 valence electrons. The number of hydrogen-bond donors (Lipinski definition) is 2. The molecule has 0 amide bonds. The SMILES string of the molecule is CC.CCCCCCNS.c1ccccc1. The molecule has 0 radical (unpaired) electrons. The Labute approximate surface area is 107 Å². The Hall–Kier alpha value is -0.470. The van der Waals surface area contributed by atoms with Gasteiger partial charge in [0.2, 0.25) is 0 Å². The molecular formula is C14H27NS. The predicted molar refractivity (Wildman–Crippen MR) is 78.9 cm³/mol. The number of rotatable bonds is 5. The molecule has 0 fully saturated rings. The zero-order chi connectivity index (χ0) is 12.5. The summed E-state index contributed by atoms with van der Waals surface area (Å²) < 4.78 is 2.82. The number of unbranched alkanes of at least 4 members (excludes halogenated alkanes) is 3. The molecule has 0 aliphatic heterocycles. The fourth-order valence-electron chi connectivity index (χ4n) is 1.02. The topological polar surface area (TPSA) is 12.0 Å². The van der Waals surface area contributed by atoms with Crippen molar-refractivity contribution in [2.45, 2.75) is 46.5 Å². The van der Waals surface area contributed by atoms with Crippen molar-refractivity contribution in [2.24, 2.45) is 0 Å². The summed E-state index contributed by atoms with van der Waals surface area (Å²) in [5.41, 5.74) is 0. The highest BCUT2D eigenvalue weighted by Crippen LogP contribution is 1.96. The van der Waals surface area contributed by atoms with Gasteiger partial charge < -0.3 is 0 Å². The zero-order valence-electron chi connectivity index (χ0n) is 10.9. The Morgan fingerprint density at radius 1 is 0.812 bits per heavy atom. The molecule has 0 unspecified atom stereocenters. The van der Waals surface area contributed by atoms with Crippen LogP contribution in [0.5, 0.6) is 0 Å². The van der Waals surface area contributed by atoms with Crippen LogP contribution < -0.4 is 4.72 Å². The Balaban J connectivity index is 0. The minimum absolute atomic E-state index is 1.04. The van der Waals surface area contributed by atoms with Gasteiger partial charge in [0.05, 0.1) is 0 Å². The van der Waals surface area contributed by atoms with Crippen molar-refractivity contribution < 1.29 is 0 Å². The molecule has 0 atom stereocenters. The first-order valence-corrected chi connectivity index (χ1v) is 6.73. The second-order valence-electron chi connectivity index (χ2n) is 3.12. The number of nitrogens with one attached hydrogen (secondary N) is 1. The van der Waals surface area contributed by atoms with Crippen molar-refractivity contribution in [1.82, 2.24) is 4.72 Å². The largest absolute Gasteiger partial charge is 0.267 e. The average Bonchev–Trinajstić information content (AvgIpc) is 2.40. The van der Waals surface area contributed by atoms with Crippen LogP contribution in [0.2, 0.25) is 0 Å². The highest BCUT2D eigenvalue weighted by molar-refractivity contribution is 7.78. The van der Waals surface area contributed by atoms with Gasteiger partial charge in [-0.15, -0.1) is 0 Å². The van der Waals surface area contributed by atoms with Gasteiger partial charge in [0, 0.05) is 6.54 Å². The van der Waals surface area contributed by atoms with Crippen LogP contribution in [0.4, 0.5) is 0 Å². The van der Waals surface area contributed by atoms with Gasteiger partial charge in [0.1, 0.15) is 0 Å². The van der Waals surface area contributed by atoms with E-state index in [0.717, 1.165) is 6.54 Å². The number of hydrogen-bond acceptors (Lipinski definition) is 2. The van der Waals surface area contributed by atoms with Crippen LogP contribution in [-0.4, -0.2) is 6.54 Å². The molecule has 0 aromatic heterocycles. The van der Waals surface area contributed by atoms with Crippen LogP contribution >= 0.6 is 12.8 Å². The summed E-state index contributed by atoms with van der Waals surface area (Å²) in [7, 11) is 0. The van der Waals surface area contributed by atoms with Gasteiger partial charge >= 0.3 is 0 Å². The highest BCUT2D eigenvalue weighted by Gasteiger charge is 1.83. The number of benzene rings is 1. The average molecular weight is 241 g/mol. The molecule has 0 aliphatic rings. The van der Waals surface area contributed by atoms with Gasteiger partial charge in [-0.25, -0.2) is 0 Å². The van der Waals surface area contributed by atoms with E-state index >= 15 is 0 Å². The molecule has 1 aromatic rings. The van der Waals surface area contributed by atoms with Crippen molar-refractivity contribution in [3.05, 3.63) is 36.4 Å². The lowest BCUT2D eigenvalue weighted by molar-refractivity contribution is 0.663. The van der Waals surface area contributed by atoms with Crippen LogP contribution in [-0.2, 0) is 0 Å². The van der Waals surface area contributed by atoms with E-state index in [-0.39, 0.29) is 0 Å². The summed E-state index contributed by atoms with van der Waals surface area (Å²) >= 11 is 3.87. The predicted octanol–water partition coefficient (Wildman–Crippen LogP) is 4.71. The normalized spacial score (nSPS) is 8.25. The van der Waals surface area contributed by atoms with Gasteiger partial charge in [0.15, 0.2) is 0 Å². The minimum Gasteiger partial charge on any atom is -0.267 e. The van der Waals surface area contributed by atoms with Crippen LogP contribution in [0.15, 0.2) is 36.4 Å². The first kappa shape index (κ1) is 17.9. The third-order valence-corrected chi connectivity index (χ3v) is 2.03. The molecule has 1 nitrogen and oxygen atoms in total. The molecule has 0 spiro atoms. The summed E-state index contributed by atoms with van der Waals surface area (Å²) in [5, 5.41) is 0. The molecule has 1 aromatic carbocycles. The van der Waals surface area contributed by atoms with Crippen LogP contribution in [0.1, 0.15) is 46.5 Å². The lowest BCUT2D eigenvalue weighted by Crippen LogP contribution is -1.99. The lowest BCUT2D eigenvalue weighted by Gasteiger charge is -1.94. The molecule has 0 heterocycles. The van der Waals surface area contributed by atoms with E-state index in [1.54, 1.807) is 0 Å². The number of thiol groups is 1.